The molecule has 1 aliphatic heterocycles. The molecule has 1 heterocycles. The maximum Gasteiger partial charge on any atom is 0.269 e. The Morgan fingerprint density at radius 3 is 2.38 bits per heavy atom. The largest absolute Gasteiger partial charge is 0.497 e. The zero-order chi connectivity index (χ0) is 21.1. The highest BCUT2D eigenvalue weighted by Crippen LogP contribution is 2.34. The minimum Gasteiger partial charge on any atom is -0.497 e. The second kappa shape index (κ2) is 8.17. The van der Waals surface area contributed by atoms with Gasteiger partial charge in [-0.3, -0.25) is 19.7 Å². The monoisotopic (exact) mass is 399 g/mol. The van der Waals surface area contributed by atoms with E-state index in [1.165, 1.54) is 36.3 Å². The molecule has 2 amide bonds. The van der Waals surface area contributed by atoms with E-state index in [0.29, 0.717) is 35.8 Å². The SMILES string of the molecule is COc1ccc(N2CCN(C(=O)c3ccc([N+](=O)[O-])cc3)[C@@H](C)C2=O)c(OC)c1. The van der Waals surface area contributed by atoms with Crippen molar-refractivity contribution in [2.75, 3.05) is 32.2 Å². The normalized spacial score (nSPS) is 16.5. The molecule has 0 N–H and O–H groups in total. The van der Waals surface area contributed by atoms with Crippen molar-refractivity contribution in [1.82, 2.24) is 4.90 Å². The summed E-state index contributed by atoms with van der Waals surface area (Å²) in [4.78, 5) is 39.1. The fraction of sp³-hybridized carbons (Fsp3) is 0.300. The molecule has 0 aliphatic carbocycles. The van der Waals surface area contributed by atoms with E-state index < -0.39 is 11.0 Å². The average molecular weight is 399 g/mol. The van der Waals surface area contributed by atoms with Crippen molar-refractivity contribution in [3.05, 3.63) is 58.1 Å². The lowest BCUT2D eigenvalue weighted by molar-refractivity contribution is -0.384. The van der Waals surface area contributed by atoms with Gasteiger partial charge in [0, 0.05) is 36.9 Å². The first-order chi connectivity index (χ1) is 13.9. The van der Waals surface area contributed by atoms with Crippen LogP contribution in [0, 0.1) is 10.1 Å². The van der Waals surface area contributed by atoms with Gasteiger partial charge in [0.15, 0.2) is 0 Å². The first-order valence-corrected chi connectivity index (χ1v) is 8.96. The smallest absolute Gasteiger partial charge is 0.269 e. The molecular formula is C20H21N3O6. The molecule has 2 aromatic carbocycles. The molecule has 0 saturated carbocycles. The number of hydrogen-bond donors (Lipinski definition) is 0. The summed E-state index contributed by atoms with van der Waals surface area (Å²) in [6, 6.07) is 9.84. The van der Waals surface area contributed by atoms with E-state index in [1.54, 1.807) is 37.1 Å². The summed E-state index contributed by atoms with van der Waals surface area (Å²) in [5.41, 5.74) is 0.806. The summed E-state index contributed by atoms with van der Waals surface area (Å²) in [6.07, 6.45) is 0. The van der Waals surface area contributed by atoms with Gasteiger partial charge in [-0.25, -0.2) is 0 Å². The van der Waals surface area contributed by atoms with E-state index in [4.69, 9.17) is 9.47 Å². The van der Waals surface area contributed by atoms with Gasteiger partial charge in [0.2, 0.25) is 5.91 Å². The second-order valence-corrected chi connectivity index (χ2v) is 6.51. The van der Waals surface area contributed by atoms with Gasteiger partial charge in [-0.2, -0.15) is 0 Å². The summed E-state index contributed by atoms with van der Waals surface area (Å²) >= 11 is 0. The maximum absolute atomic E-state index is 13.0. The number of nitrogens with zero attached hydrogens (tertiary/aromatic N) is 3. The van der Waals surface area contributed by atoms with Crippen LogP contribution >= 0.6 is 0 Å². The van der Waals surface area contributed by atoms with E-state index in [9.17, 15) is 19.7 Å². The molecule has 0 radical (unpaired) electrons. The van der Waals surface area contributed by atoms with Gasteiger partial charge in [-0.15, -0.1) is 0 Å². The Morgan fingerprint density at radius 2 is 1.79 bits per heavy atom. The molecular weight excluding hydrogens is 378 g/mol. The Kier molecular flexibility index (Phi) is 5.67. The third kappa shape index (κ3) is 3.84. The number of nitro groups is 1. The molecule has 9 heteroatoms. The molecule has 3 rings (SSSR count). The van der Waals surface area contributed by atoms with Crippen molar-refractivity contribution in [2.45, 2.75) is 13.0 Å². The van der Waals surface area contributed by atoms with Gasteiger partial charge < -0.3 is 19.3 Å². The quantitative estimate of drug-likeness (QED) is 0.565. The second-order valence-electron chi connectivity index (χ2n) is 6.51. The van der Waals surface area contributed by atoms with E-state index in [-0.39, 0.29) is 17.5 Å². The Bertz CT molecular complexity index is 944. The number of methoxy groups -OCH3 is 2. The summed E-state index contributed by atoms with van der Waals surface area (Å²) in [6.45, 7) is 2.27. The summed E-state index contributed by atoms with van der Waals surface area (Å²) < 4.78 is 10.6. The fourth-order valence-electron chi connectivity index (χ4n) is 3.29. The van der Waals surface area contributed by atoms with Gasteiger partial charge in [0.25, 0.3) is 11.6 Å². The van der Waals surface area contributed by atoms with Gasteiger partial charge in [-0.05, 0) is 31.2 Å². The number of amides is 2. The van der Waals surface area contributed by atoms with Crippen LogP contribution in [0.15, 0.2) is 42.5 Å². The molecule has 1 aliphatic rings. The average Bonchev–Trinajstić information content (AvgIpc) is 2.74. The Morgan fingerprint density at radius 1 is 1.10 bits per heavy atom. The maximum atomic E-state index is 13.0. The third-order valence-corrected chi connectivity index (χ3v) is 4.92. The summed E-state index contributed by atoms with van der Waals surface area (Å²) in [7, 11) is 3.06. The van der Waals surface area contributed by atoms with Gasteiger partial charge in [0.05, 0.1) is 24.8 Å². The number of carbonyl (C=O) groups excluding carboxylic acids is 2. The number of piperazine rings is 1. The van der Waals surface area contributed by atoms with Crippen LogP contribution in [-0.2, 0) is 4.79 Å². The molecule has 0 aromatic heterocycles. The Balaban J connectivity index is 1.80. The minimum atomic E-state index is -0.696. The highest BCUT2D eigenvalue weighted by Gasteiger charge is 2.36. The zero-order valence-corrected chi connectivity index (χ0v) is 16.3. The topological polar surface area (TPSA) is 102 Å². The standard InChI is InChI=1S/C20H21N3O6/c1-13-19(24)22(17-9-8-16(28-2)12-18(17)29-3)11-10-21(13)20(25)14-4-6-15(7-5-14)23(26)27/h4-9,12-13H,10-11H2,1-3H3/t13-/m0/s1. The zero-order valence-electron chi connectivity index (χ0n) is 16.3. The summed E-state index contributed by atoms with van der Waals surface area (Å²) in [5, 5.41) is 10.8. The van der Waals surface area contributed by atoms with Gasteiger partial charge in [0.1, 0.15) is 17.5 Å². The van der Waals surface area contributed by atoms with E-state index in [1.807, 2.05) is 0 Å². The van der Waals surface area contributed by atoms with E-state index >= 15 is 0 Å². The Hall–Kier alpha value is -3.62. The van der Waals surface area contributed by atoms with Crippen LogP contribution < -0.4 is 14.4 Å². The molecule has 0 unspecified atom stereocenters. The molecule has 1 saturated heterocycles. The number of hydrogen-bond acceptors (Lipinski definition) is 6. The van der Waals surface area contributed by atoms with Crippen LogP contribution in [0.2, 0.25) is 0 Å². The van der Waals surface area contributed by atoms with Crippen LogP contribution in [0.25, 0.3) is 0 Å². The van der Waals surface area contributed by atoms with Crippen molar-refractivity contribution >= 4 is 23.2 Å². The molecule has 1 fully saturated rings. The lowest BCUT2D eigenvalue weighted by Gasteiger charge is -2.39. The highest BCUT2D eigenvalue weighted by atomic mass is 16.6. The number of carbonyl (C=O) groups is 2. The van der Waals surface area contributed by atoms with Crippen LogP contribution in [0.5, 0.6) is 11.5 Å². The number of benzene rings is 2. The highest BCUT2D eigenvalue weighted by molar-refractivity contribution is 6.04. The molecule has 29 heavy (non-hydrogen) atoms. The van der Waals surface area contributed by atoms with Crippen LogP contribution in [0.1, 0.15) is 17.3 Å². The van der Waals surface area contributed by atoms with Crippen LogP contribution in [0.3, 0.4) is 0 Å². The van der Waals surface area contributed by atoms with Gasteiger partial charge >= 0.3 is 0 Å². The molecule has 9 nitrogen and oxygen atoms in total. The first-order valence-electron chi connectivity index (χ1n) is 8.96. The van der Waals surface area contributed by atoms with E-state index in [0.717, 1.165) is 0 Å². The molecule has 0 spiro atoms. The van der Waals surface area contributed by atoms with Crippen molar-refractivity contribution in [1.29, 1.82) is 0 Å². The van der Waals surface area contributed by atoms with Crippen molar-refractivity contribution in [3.8, 4) is 11.5 Å². The fourth-order valence-corrected chi connectivity index (χ4v) is 3.29. The summed E-state index contributed by atoms with van der Waals surface area (Å²) in [5.74, 6) is 0.523. The molecule has 2 aromatic rings. The van der Waals surface area contributed by atoms with E-state index in [2.05, 4.69) is 0 Å². The minimum absolute atomic E-state index is 0.0953. The number of rotatable bonds is 5. The van der Waals surface area contributed by atoms with Crippen molar-refractivity contribution in [2.24, 2.45) is 0 Å². The van der Waals surface area contributed by atoms with Crippen molar-refractivity contribution < 1.29 is 24.0 Å². The van der Waals surface area contributed by atoms with Crippen LogP contribution in [-0.4, -0.2) is 55.0 Å². The molecule has 152 valence electrons. The number of non-ortho nitro benzene ring substituents is 1. The number of nitro benzene ring substituents is 1. The Labute approximate surface area is 167 Å². The van der Waals surface area contributed by atoms with Crippen molar-refractivity contribution in [3.63, 3.8) is 0 Å². The number of ether oxygens (including phenoxy) is 2. The number of anilines is 1. The first kappa shape index (κ1) is 20.1. The lowest BCUT2D eigenvalue weighted by Crippen LogP contribution is -2.57. The molecule has 0 bridgehead atoms. The lowest BCUT2D eigenvalue weighted by atomic mass is 10.1. The third-order valence-electron chi connectivity index (χ3n) is 4.92. The predicted molar refractivity (Wildman–Crippen MR) is 105 cm³/mol. The molecule has 1 atom stereocenters. The van der Waals surface area contributed by atoms with Crippen LogP contribution in [0.4, 0.5) is 11.4 Å². The van der Waals surface area contributed by atoms with Gasteiger partial charge in [-0.1, -0.05) is 0 Å². The predicted octanol–water partition coefficient (Wildman–Crippen LogP) is 2.49.